The lowest BCUT2D eigenvalue weighted by Crippen LogP contribution is -1.77. The zero-order chi connectivity index (χ0) is 8.72. The van der Waals surface area contributed by atoms with Crippen LogP contribution in [-0.4, -0.2) is 4.37 Å². The van der Waals surface area contributed by atoms with Crippen LogP contribution >= 0.6 is 34.1 Å². The van der Waals surface area contributed by atoms with Gasteiger partial charge in [0, 0.05) is 5.39 Å². The van der Waals surface area contributed by atoms with Gasteiger partial charge in [-0.2, -0.15) is 4.37 Å². The summed E-state index contributed by atoms with van der Waals surface area (Å²) < 4.78 is 6.77. The number of hydrogen-bond donors (Lipinski definition) is 0. The van der Waals surface area contributed by atoms with E-state index < -0.39 is 0 Å². The molecule has 0 aliphatic carbocycles. The Morgan fingerprint density at radius 2 is 2.08 bits per heavy atom. The van der Waals surface area contributed by atoms with Crippen molar-refractivity contribution in [1.29, 1.82) is 0 Å². The van der Waals surface area contributed by atoms with Crippen molar-refractivity contribution in [2.24, 2.45) is 0 Å². The Balaban J connectivity index is 2.92. The van der Waals surface area contributed by atoms with Crippen LogP contribution < -0.4 is 0 Å². The average molecular weight is 289 g/mol. The van der Waals surface area contributed by atoms with Crippen LogP contribution in [0.1, 0.15) is 11.1 Å². The summed E-state index contributed by atoms with van der Waals surface area (Å²) >= 11 is 3.88. The van der Waals surface area contributed by atoms with Crippen molar-refractivity contribution in [1.82, 2.24) is 4.37 Å². The van der Waals surface area contributed by atoms with Gasteiger partial charge in [0.1, 0.15) is 3.70 Å². The maximum Gasteiger partial charge on any atom is 0.122 e. The predicted molar refractivity (Wildman–Crippen MR) is 61.8 cm³/mol. The number of halogens is 1. The molecule has 0 spiro atoms. The topological polar surface area (TPSA) is 12.9 Å². The summed E-state index contributed by atoms with van der Waals surface area (Å²) in [6.07, 6.45) is 0. The first-order valence-corrected chi connectivity index (χ1v) is 5.56. The number of aromatic nitrogens is 1. The van der Waals surface area contributed by atoms with Crippen LogP contribution in [0.5, 0.6) is 0 Å². The second kappa shape index (κ2) is 2.96. The van der Waals surface area contributed by atoms with Crippen LogP contribution in [0.3, 0.4) is 0 Å². The number of nitrogens with zero attached hydrogens (tertiary/aromatic N) is 1. The van der Waals surface area contributed by atoms with Crippen LogP contribution in [0.25, 0.3) is 10.1 Å². The first-order valence-electron chi connectivity index (χ1n) is 3.70. The summed E-state index contributed by atoms with van der Waals surface area (Å²) in [5.41, 5.74) is 2.66. The van der Waals surface area contributed by atoms with Crippen molar-refractivity contribution in [3.05, 3.63) is 27.0 Å². The molecule has 3 heteroatoms. The summed E-state index contributed by atoms with van der Waals surface area (Å²) in [7, 11) is 0. The minimum atomic E-state index is 1.12. The highest BCUT2D eigenvalue weighted by Gasteiger charge is 2.05. The largest absolute Gasteiger partial charge is 0.185 e. The fourth-order valence-corrected chi connectivity index (χ4v) is 2.99. The summed E-state index contributed by atoms with van der Waals surface area (Å²) in [5, 5.41) is 1.30. The van der Waals surface area contributed by atoms with Crippen molar-refractivity contribution < 1.29 is 0 Å². The van der Waals surface area contributed by atoms with E-state index in [0.29, 0.717) is 0 Å². The molecule has 0 aliphatic heterocycles. The minimum absolute atomic E-state index is 1.12. The fourth-order valence-electron chi connectivity index (χ4n) is 1.36. The molecule has 1 aromatic heterocycles. The van der Waals surface area contributed by atoms with Crippen molar-refractivity contribution in [3.8, 4) is 0 Å². The highest BCUT2D eigenvalue weighted by atomic mass is 127. The SMILES string of the molecule is Cc1cc(C)c2snc(I)c2c1. The molecule has 2 rings (SSSR count). The van der Waals surface area contributed by atoms with E-state index in [9.17, 15) is 0 Å². The quantitative estimate of drug-likeness (QED) is 0.676. The monoisotopic (exact) mass is 289 g/mol. The number of rotatable bonds is 0. The molecule has 12 heavy (non-hydrogen) atoms. The Kier molecular flexibility index (Phi) is 2.08. The summed E-state index contributed by atoms with van der Waals surface area (Å²) in [6, 6.07) is 4.41. The van der Waals surface area contributed by atoms with Crippen molar-refractivity contribution in [2.45, 2.75) is 13.8 Å². The molecule has 1 heterocycles. The summed E-state index contributed by atoms with van der Waals surface area (Å²) in [5.74, 6) is 0. The van der Waals surface area contributed by atoms with E-state index in [0.717, 1.165) is 3.70 Å². The van der Waals surface area contributed by atoms with Gasteiger partial charge >= 0.3 is 0 Å². The third-order valence-electron chi connectivity index (χ3n) is 1.86. The molecule has 0 amide bonds. The second-order valence-electron chi connectivity index (χ2n) is 2.93. The Morgan fingerprint density at radius 1 is 1.33 bits per heavy atom. The van der Waals surface area contributed by atoms with Crippen molar-refractivity contribution in [2.75, 3.05) is 0 Å². The van der Waals surface area contributed by atoms with Crippen LogP contribution in [0.2, 0.25) is 0 Å². The van der Waals surface area contributed by atoms with Gasteiger partial charge in [-0.25, -0.2) is 0 Å². The first-order chi connectivity index (χ1) is 5.68. The molecular weight excluding hydrogens is 281 g/mol. The van der Waals surface area contributed by atoms with Gasteiger partial charge in [-0.15, -0.1) is 0 Å². The highest BCUT2D eigenvalue weighted by molar-refractivity contribution is 14.1. The van der Waals surface area contributed by atoms with E-state index in [2.05, 4.69) is 52.9 Å². The molecule has 62 valence electrons. The summed E-state index contributed by atoms with van der Waals surface area (Å²) in [6.45, 7) is 4.27. The third kappa shape index (κ3) is 1.25. The lowest BCUT2D eigenvalue weighted by atomic mass is 10.1. The third-order valence-corrected chi connectivity index (χ3v) is 4.01. The average Bonchev–Trinajstić information content (AvgIpc) is 2.33. The maximum absolute atomic E-state index is 4.33. The molecule has 0 radical (unpaired) electrons. The normalized spacial score (nSPS) is 10.9. The first kappa shape index (κ1) is 8.44. The molecule has 1 aromatic carbocycles. The molecule has 0 fully saturated rings. The smallest absolute Gasteiger partial charge is 0.122 e. The Morgan fingerprint density at radius 3 is 2.83 bits per heavy atom. The Labute approximate surface area is 89.1 Å². The van der Waals surface area contributed by atoms with Gasteiger partial charge in [0.15, 0.2) is 0 Å². The van der Waals surface area contributed by atoms with E-state index in [4.69, 9.17) is 0 Å². The highest BCUT2D eigenvalue weighted by Crippen LogP contribution is 2.27. The zero-order valence-electron chi connectivity index (χ0n) is 6.89. The fraction of sp³-hybridized carbons (Fsp3) is 0.222. The molecule has 0 unspecified atom stereocenters. The molecule has 0 saturated carbocycles. The number of hydrogen-bond acceptors (Lipinski definition) is 2. The molecule has 0 N–H and O–H groups in total. The van der Waals surface area contributed by atoms with E-state index in [-0.39, 0.29) is 0 Å². The molecule has 1 nitrogen and oxygen atoms in total. The lowest BCUT2D eigenvalue weighted by molar-refractivity contribution is 1.43. The van der Waals surface area contributed by atoms with E-state index in [1.165, 1.54) is 21.2 Å². The van der Waals surface area contributed by atoms with Crippen LogP contribution in [0.4, 0.5) is 0 Å². The molecule has 0 atom stereocenters. The van der Waals surface area contributed by atoms with E-state index >= 15 is 0 Å². The van der Waals surface area contributed by atoms with Crippen LogP contribution in [0.15, 0.2) is 12.1 Å². The van der Waals surface area contributed by atoms with Gasteiger partial charge in [0.2, 0.25) is 0 Å². The number of fused-ring (bicyclic) bond motifs is 1. The van der Waals surface area contributed by atoms with Gasteiger partial charge in [-0.05, 0) is 59.6 Å². The number of aryl methyl sites for hydroxylation is 2. The minimum Gasteiger partial charge on any atom is -0.185 e. The van der Waals surface area contributed by atoms with Gasteiger partial charge in [-0.1, -0.05) is 11.6 Å². The Bertz CT molecular complexity index is 433. The number of benzene rings is 1. The zero-order valence-corrected chi connectivity index (χ0v) is 9.86. The second-order valence-corrected chi connectivity index (χ2v) is 4.73. The molecule has 0 saturated heterocycles. The van der Waals surface area contributed by atoms with Crippen LogP contribution in [0, 0.1) is 17.5 Å². The van der Waals surface area contributed by atoms with Gasteiger partial charge < -0.3 is 0 Å². The van der Waals surface area contributed by atoms with Crippen molar-refractivity contribution in [3.63, 3.8) is 0 Å². The maximum atomic E-state index is 4.33. The molecule has 0 bridgehead atoms. The van der Waals surface area contributed by atoms with Gasteiger partial charge in [0.25, 0.3) is 0 Å². The van der Waals surface area contributed by atoms with Crippen molar-refractivity contribution >= 4 is 44.2 Å². The molecular formula is C9H8INS. The van der Waals surface area contributed by atoms with Crippen LogP contribution in [-0.2, 0) is 0 Å². The summed E-state index contributed by atoms with van der Waals surface area (Å²) in [4.78, 5) is 0. The molecule has 0 aliphatic rings. The Hall–Kier alpha value is -0.160. The lowest BCUT2D eigenvalue weighted by Gasteiger charge is -1.97. The predicted octanol–water partition coefficient (Wildman–Crippen LogP) is 3.52. The van der Waals surface area contributed by atoms with E-state index in [1.807, 2.05) is 0 Å². The standard InChI is InChI=1S/C9H8INS/c1-5-3-6(2)8-7(4-5)9(10)11-12-8/h3-4H,1-2H3. The molecule has 2 aromatic rings. The van der Waals surface area contributed by atoms with Gasteiger partial charge in [-0.3, -0.25) is 0 Å². The van der Waals surface area contributed by atoms with E-state index in [1.54, 1.807) is 11.5 Å². The van der Waals surface area contributed by atoms with Gasteiger partial charge in [0.05, 0.1) is 4.70 Å².